The van der Waals surface area contributed by atoms with E-state index in [2.05, 4.69) is 10.1 Å². The van der Waals surface area contributed by atoms with Crippen molar-refractivity contribution in [2.45, 2.75) is 6.92 Å². The van der Waals surface area contributed by atoms with Gasteiger partial charge in [-0.2, -0.15) is 5.10 Å². The predicted molar refractivity (Wildman–Crippen MR) is 42.7 cm³/mol. The largest absolute Gasteiger partial charge is 0.239 e. The van der Waals surface area contributed by atoms with Crippen LogP contribution >= 0.6 is 11.6 Å². The van der Waals surface area contributed by atoms with Crippen LogP contribution in [-0.4, -0.2) is 14.6 Å². The fourth-order valence-electron chi connectivity index (χ4n) is 0.996. The fourth-order valence-corrected chi connectivity index (χ4v) is 1.14. The summed E-state index contributed by atoms with van der Waals surface area (Å²) in [7, 11) is 0. The van der Waals surface area contributed by atoms with Gasteiger partial charge < -0.3 is 0 Å². The van der Waals surface area contributed by atoms with Crippen molar-refractivity contribution in [3.63, 3.8) is 0 Å². The van der Waals surface area contributed by atoms with Gasteiger partial charge in [-0.15, -0.1) is 0 Å². The Balaban J connectivity index is 2.86. The molecular formula is C7H6ClN3. The van der Waals surface area contributed by atoms with Crippen LogP contribution in [0.3, 0.4) is 0 Å². The predicted octanol–water partition coefficient (Wildman–Crippen LogP) is 1.69. The van der Waals surface area contributed by atoms with Gasteiger partial charge >= 0.3 is 0 Å². The summed E-state index contributed by atoms with van der Waals surface area (Å²) in [6, 6.07) is 3.66. The average molecular weight is 168 g/mol. The summed E-state index contributed by atoms with van der Waals surface area (Å²) in [5.41, 5.74) is 1.96. The van der Waals surface area contributed by atoms with E-state index >= 15 is 0 Å². The Morgan fingerprint density at radius 3 is 3.09 bits per heavy atom. The van der Waals surface area contributed by atoms with E-state index in [-0.39, 0.29) is 0 Å². The van der Waals surface area contributed by atoms with E-state index in [4.69, 9.17) is 11.6 Å². The molecule has 2 aromatic heterocycles. The van der Waals surface area contributed by atoms with E-state index in [0.29, 0.717) is 5.15 Å². The van der Waals surface area contributed by atoms with Crippen LogP contribution in [0.25, 0.3) is 5.52 Å². The number of nitrogens with zero attached hydrogens (tertiary/aromatic N) is 3. The quantitative estimate of drug-likeness (QED) is 0.598. The Hall–Kier alpha value is -1.09. The minimum absolute atomic E-state index is 0.481. The van der Waals surface area contributed by atoms with Crippen molar-refractivity contribution in [1.82, 2.24) is 14.6 Å². The van der Waals surface area contributed by atoms with Gasteiger partial charge in [0, 0.05) is 0 Å². The Bertz CT molecular complexity index is 393. The highest BCUT2D eigenvalue weighted by Gasteiger charge is 1.98. The van der Waals surface area contributed by atoms with Crippen molar-refractivity contribution < 1.29 is 0 Å². The van der Waals surface area contributed by atoms with Crippen molar-refractivity contribution in [3.8, 4) is 0 Å². The highest BCUT2D eigenvalue weighted by atomic mass is 35.5. The fraction of sp³-hybridized carbons (Fsp3) is 0.143. The van der Waals surface area contributed by atoms with E-state index in [0.717, 1.165) is 11.2 Å². The maximum atomic E-state index is 5.67. The molecule has 0 N–H and O–H groups in total. The lowest BCUT2D eigenvalue weighted by Crippen LogP contribution is -1.88. The van der Waals surface area contributed by atoms with Crippen LogP contribution in [0, 0.1) is 6.92 Å². The van der Waals surface area contributed by atoms with Crippen molar-refractivity contribution in [2.24, 2.45) is 0 Å². The molecule has 4 heteroatoms. The van der Waals surface area contributed by atoms with Crippen LogP contribution in [0.2, 0.25) is 5.15 Å². The smallest absolute Gasteiger partial charge is 0.150 e. The molecule has 2 rings (SSSR count). The number of imidazole rings is 1. The van der Waals surface area contributed by atoms with Crippen LogP contribution in [0.5, 0.6) is 0 Å². The summed E-state index contributed by atoms with van der Waals surface area (Å²) in [4.78, 5) is 4.08. The number of fused-ring (bicyclic) bond motifs is 1. The molecule has 2 heterocycles. The van der Waals surface area contributed by atoms with Gasteiger partial charge in [0.15, 0.2) is 0 Å². The monoisotopic (exact) mass is 167 g/mol. The Labute approximate surface area is 68.6 Å². The number of aryl methyl sites for hydroxylation is 1. The SMILES string of the molecule is Cc1ncn2nc(Cl)ccc12. The lowest BCUT2D eigenvalue weighted by atomic mass is 10.4. The lowest BCUT2D eigenvalue weighted by molar-refractivity contribution is 0.927. The molecule has 3 nitrogen and oxygen atoms in total. The summed E-state index contributed by atoms with van der Waals surface area (Å²) < 4.78 is 1.66. The summed E-state index contributed by atoms with van der Waals surface area (Å²) in [6.07, 6.45) is 1.65. The summed E-state index contributed by atoms with van der Waals surface area (Å²) in [5.74, 6) is 0. The highest BCUT2D eigenvalue weighted by molar-refractivity contribution is 6.29. The molecule has 0 bridgehead atoms. The van der Waals surface area contributed by atoms with E-state index in [9.17, 15) is 0 Å². The zero-order chi connectivity index (χ0) is 7.84. The van der Waals surface area contributed by atoms with Crippen molar-refractivity contribution >= 4 is 17.1 Å². The Kier molecular flexibility index (Phi) is 1.32. The molecule has 0 atom stereocenters. The first kappa shape index (κ1) is 6.61. The average Bonchev–Trinajstić information content (AvgIpc) is 2.32. The number of rotatable bonds is 0. The third-order valence-corrected chi connectivity index (χ3v) is 1.76. The topological polar surface area (TPSA) is 30.2 Å². The normalized spacial score (nSPS) is 10.7. The van der Waals surface area contributed by atoms with Crippen LogP contribution in [0.15, 0.2) is 18.5 Å². The molecule has 0 aliphatic rings. The van der Waals surface area contributed by atoms with Gasteiger partial charge in [-0.05, 0) is 19.1 Å². The van der Waals surface area contributed by atoms with Gasteiger partial charge in [0.2, 0.25) is 0 Å². The second-order valence-electron chi connectivity index (χ2n) is 2.32. The van der Waals surface area contributed by atoms with Crippen LogP contribution in [-0.2, 0) is 0 Å². The Morgan fingerprint density at radius 1 is 1.45 bits per heavy atom. The molecule has 0 saturated heterocycles. The van der Waals surface area contributed by atoms with E-state index in [1.807, 2.05) is 13.0 Å². The summed E-state index contributed by atoms with van der Waals surface area (Å²) in [5, 5.41) is 4.50. The second-order valence-corrected chi connectivity index (χ2v) is 2.70. The number of aromatic nitrogens is 3. The van der Waals surface area contributed by atoms with Gasteiger partial charge in [0.05, 0.1) is 11.2 Å². The molecule has 56 valence electrons. The molecule has 0 aliphatic heterocycles. The molecule has 11 heavy (non-hydrogen) atoms. The molecule has 0 saturated carbocycles. The zero-order valence-electron chi connectivity index (χ0n) is 5.95. The van der Waals surface area contributed by atoms with Crippen LogP contribution in [0.1, 0.15) is 5.69 Å². The first-order valence-electron chi connectivity index (χ1n) is 3.24. The summed E-state index contributed by atoms with van der Waals surface area (Å²) >= 11 is 5.67. The van der Waals surface area contributed by atoms with Gasteiger partial charge in [-0.25, -0.2) is 9.50 Å². The van der Waals surface area contributed by atoms with E-state index in [1.165, 1.54) is 0 Å². The summed E-state index contributed by atoms with van der Waals surface area (Å²) in [6.45, 7) is 1.94. The molecule has 0 radical (unpaired) electrons. The van der Waals surface area contributed by atoms with Gasteiger partial charge in [-0.1, -0.05) is 11.6 Å². The number of hydrogen-bond acceptors (Lipinski definition) is 2. The molecule has 0 aromatic carbocycles. The molecule has 0 fully saturated rings. The molecule has 0 aliphatic carbocycles. The van der Waals surface area contributed by atoms with Gasteiger partial charge in [0.25, 0.3) is 0 Å². The molecular weight excluding hydrogens is 162 g/mol. The van der Waals surface area contributed by atoms with Gasteiger partial charge in [0.1, 0.15) is 11.5 Å². The molecule has 0 amide bonds. The number of hydrogen-bond donors (Lipinski definition) is 0. The highest BCUT2D eigenvalue weighted by Crippen LogP contribution is 2.09. The maximum absolute atomic E-state index is 5.67. The standard InChI is InChI=1S/C7H6ClN3/c1-5-6-2-3-7(8)10-11(6)4-9-5/h2-4H,1H3. The first-order chi connectivity index (χ1) is 5.27. The second kappa shape index (κ2) is 2.20. The lowest BCUT2D eigenvalue weighted by Gasteiger charge is -1.92. The third kappa shape index (κ3) is 0.973. The van der Waals surface area contributed by atoms with E-state index < -0.39 is 0 Å². The van der Waals surface area contributed by atoms with Gasteiger partial charge in [-0.3, -0.25) is 0 Å². The molecule has 0 spiro atoms. The maximum Gasteiger partial charge on any atom is 0.150 e. The number of halogens is 1. The minimum atomic E-state index is 0.481. The first-order valence-corrected chi connectivity index (χ1v) is 3.61. The molecule has 2 aromatic rings. The van der Waals surface area contributed by atoms with E-state index in [1.54, 1.807) is 16.9 Å². The zero-order valence-corrected chi connectivity index (χ0v) is 6.71. The van der Waals surface area contributed by atoms with Crippen LogP contribution < -0.4 is 0 Å². The van der Waals surface area contributed by atoms with Crippen LogP contribution in [0.4, 0.5) is 0 Å². The van der Waals surface area contributed by atoms with Crippen molar-refractivity contribution in [1.29, 1.82) is 0 Å². The van der Waals surface area contributed by atoms with Crippen molar-refractivity contribution in [3.05, 3.63) is 29.3 Å². The minimum Gasteiger partial charge on any atom is -0.239 e. The Morgan fingerprint density at radius 2 is 2.27 bits per heavy atom. The van der Waals surface area contributed by atoms with Crippen molar-refractivity contribution in [2.75, 3.05) is 0 Å². The third-order valence-electron chi connectivity index (χ3n) is 1.56. The molecule has 0 unspecified atom stereocenters.